The molecular formula is C23H25NO2. The molecule has 0 heterocycles. The smallest absolute Gasteiger partial charge is 0.121 e. The normalized spacial score (nSPS) is 10.5. The third-order valence-corrected chi connectivity index (χ3v) is 4.09. The van der Waals surface area contributed by atoms with Gasteiger partial charge in [0.15, 0.2) is 0 Å². The van der Waals surface area contributed by atoms with Gasteiger partial charge in [-0.3, -0.25) is 0 Å². The molecule has 0 aromatic heterocycles. The molecule has 0 spiro atoms. The lowest BCUT2D eigenvalue weighted by atomic mass is 10.0. The Morgan fingerprint density at radius 2 is 1.54 bits per heavy atom. The lowest BCUT2D eigenvalue weighted by Gasteiger charge is -2.10. The van der Waals surface area contributed by atoms with Crippen LogP contribution < -0.4 is 10.1 Å². The molecule has 0 unspecified atom stereocenters. The van der Waals surface area contributed by atoms with Crippen LogP contribution in [0.25, 0.3) is 11.1 Å². The molecule has 0 amide bonds. The van der Waals surface area contributed by atoms with Crippen molar-refractivity contribution in [2.75, 3.05) is 25.1 Å². The Hall–Kier alpha value is -2.78. The van der Waals surface area contributed by atoms with E-state index in [0.717, 1.165) is 18.0 Å². The quantitative estimate of drug-likeness (QED) is 0.527. The van der Waals surface area contributed by atoms with E-state index in [2.05, 4.69) is 53.8 Å². The Morgan fingerprint density at radius 1 is 0.769 bits per heavy atom. The van der Waals surface area contributed by atoms with Crippen molar-refractivity contribution in [2.24, 2.45) is 0 Å². The molecule has 0 radical (unpaired) electrons. The van der Waals surface area contributed by atoms with Crippen LogP contribution in [0, 0.1) is 0 Å². The monoisotopic (exact) mass is 347 g/mol. The summed E-state index contributed by atoms with van der Waals surface area (Å²) in [5, 5.41) is 3.45. The van der Waals surface area contributed by atoms with Crippen LogP contribution in [0.1, 0.15) is 12.5 Å². The standard InChI is InChI=1S/C23H25NO2/c1-2-25-15-16-26-23-10-6-9-22(17-23)24-18-19-11-13-21(14-12-19)20-7-4-3-5-8-20/h3-14,17,24H,2,15-16,18H2,1H3. The molecule has 0 aliphatic rings. The molecule has 0 fully saturated rings. The van der Waals surface area contributed by atoms with E-state index in [1.807, 2.05) is 37.3 Å². The summed E-state index contributed by atoms with van der Waals surface area (Å²) in [4.78, 5) is 0. The SMILES string of the molecule is CCOCCOc1cccc(NCc2ccc(-c3ccccc3)cc2)c1. The first-order chi connectivity index (χ1) is 12.8. The second-order valence-corrected chi connectivity index (χ2v) is 5.99. The maximum atomic E-state index is 5.70. The lowest BCUT2D eigenvalue weighted by Crippen LogP contribution is -2.06. The topological polar surface area (TPSA) is 30.5 Å². The van der Waals surface area contributed by atoms with Gasteiger partial charge in [-0.05, 0) is 35.7 Å². The molecule has 0 aliphatic carbocycles. The van der Waals surface area contributed by atoms with Crippen LogP contribution in [0.15, 0.2) is 78.9 Å². The Bertz CT molecular complexity index is 785. The second kappa shape index (κ2) is 9.64. The molecule has 26 heavy (non-hydrogen) atoms. The molecule has 0 atom stereocenters. The van der Waals surface area contributed by atoms with Crippen molar-refractivity contribution in [1.29, 1.82) is 0 Å². The minimum absolute atomic E-state index is 0.568. The van der Waals surface area contributed by atoms with Gasteiger partial charge in [-0.1, -0.05) is 60.7 Å². The molecule has 0 aliphatic heterocycles. The van der Waals surface area contributed by atoms with Crippen molar-refractivity contribution < 1.29 is 9.47 Å². The Labute approximate surface area is 155 Å². The number of hydrogen-bond acceptors (Lipinski definition) is 3. The molecule has 1 N–H and O–H groups in total. The minimum atomic E-state index is 0.568. The van der Waals surface area contributed by atoms with Crippen molar-refractivity contribution in [3.63, 3.8) is 0 Å². The fourth-order valence-electron chi connectivity index (χ4n) is 2.71. The summed E-state index contributed by atoms with van der Waals surface area (Å²) in [6.45, 7) is 4.66. The van der Waals surface area contributed by atoms with Crippen LogP contribution in [-0.4, -0.2) is 19.8 Å². The summed E-state index contributed by atoms with van der Waals surface area (Å²) < 4.78 is 11.0. The van der Waals surface area contributed by atoms with Crippen molar-refractivity contribution in [3.05, 3.63) is 84.4 Å². The molecule has 134 valence electrons. The fraction of sp³-hybridized carbons (Fsp3) is 0.217. The van der Waals surface area contributed by atoms with Gasteiger partial charge in [0.05, 0.1) is 6.61 Å². The molecular weight excluding hydrogens is 322 g/mol. The average Bonchev–Trinajstić information content (AvgIpc) is 2.71. The Kier molecular flexibility index (Phi) is 6.68. The summed E-state index contributed by atoms with van der Waals surface area (Å²) in [7, 11) is 0. The van der Waals surface area contributed by atoms with Crippen LogP contribution in [0.5, 0.6) is 5.75 Å². The van der Waals surface area contributed by atoms with Crippen LogP contribution in [0.3, 0.4) is 0 Å². The molecule has 3 heteroatoms. The molecule has 0 saturated carbocycles. The van der Waals surface area contributed by atoms with Crippen molar-refractivity contribution in [3.8, 4) is 16.9 Å². The predicted octanol–water partition coefficient (Wildman–Crippen LogP) is 5.38. The molecule has 0 bridgehead atoms. The number of benzene rings is 3. The van der Waals surface area contributed by atoms with Gasteiger partial charge in [0, 0.05) is 24.9 Å². The zero-order valence-corrected chi connectivity index (χ0v) is 15.2. The van der Waals surface area contributed by atoms with E-state index < -0.39 is 0 Å². The van der Waals surface area contributed by atoms with Gasteiger partial charge in [-0.15, -0.1) is 0 Å². The third kappa shape index (κ3) is 5.36. The highest BCUT2D eigenvalue weighted by atomic mass is 16.5. The highest BCUT2D eigenvalue weighted by Gasteiger charge is 2.00. The molecule has 3 nitrogen and oxygen atoms in total. The first-order valence-electron chi connectivity index (χ1n) is 9.04. The van der Waals surface area contributed by atoms with E-state index in [0.29, 0.717) is 19.8 Å². The number of nitrogens with one attached hydrogen (secondary N) is 1. The van der Waals surface area contributed by atoms with Gasteiger partial charge in [0.1, 0.15) is 12.4 Å². The van der Waals surface area contributed by atoms with Crippen LogP contribution in [0.4, 0.5) is 5.69 Å². The first-order valence-corrected chi connectivity index (χ1v) is 9.04. The van der Waals surface area contributed by atoms with Crippen molar-refractivity contribution in [2.45, 2.75) is 13.5 Å². The Balaban J connectivity index is 1.54. The largest absolute Gasteiger partial charge is 0.491 e. The number of hydrogen-bond donors (Lipinski definition) is 1. The minimum Gasteiger partial charge on any atom is -0.491 e. The number of anilines is 1. The van der Waals surface area contributed by atoms with E-state index >= 15 is 0 Å². The summed E-state index contributed by atoms with van der Waals surface area (Å²) in [6, 6.07) is 27.1. The molecule has 3 rings (SSSR count). The number of rotatable bonds is 9. The third-order valence-electron chi connectivity index (χ3n) is 4.09. The summed E-state index contributed by atoms with van der Waals surface area (Å²) in [5.41, 5.74) is 4.77. The van der Waals surface area contributed by atoms with Gasteiger partial charge in [-0.2, -0.15) is 0 Å². The first kappa shape index (κ1) is 18.0. The summed E-state index contributed by atoms with van der Waals surface area (Å²) >= 11 is 0. The summed E-state index contributed by atoms with van der Waals surface area (Å²) in [5.74, 6) is 0.856. The predicted molar refractivity (Wildman–Crippen MR) is 108 cm³/mol. The van der Waals surface area contributed by atoms with E-state index in [4.69, 9.17) is 9.47 Å². The maximum Gasteiger partial charge on any atom is 0.121 e. The van der Waals surface area contributed by atoms with Crippen LogP contribution in [-0.2, 0) is 11.3 Å². The van der Waals surface area contributed by atoms with Crippen molar-refractivity contribution >= 4 is 5.69 Å². The van der Waals surface area contributed by atoms with Crippen molar-refractivity contribution in [1.82, 2.24) is 0 Å². The van der Waals surface area contributed by atoms with Gasteiger partial charge >= 0.3 is 0 Å². The molecule has 0 saturated heterocycles. The van der Waals surface area contributed by atoms with Crippen LogP contribution in [0.2, 0.25) is 0 Å². The van der Waals surface area contributed by atoms with Gasteiger partial charge < -0.3 is 14.8 Å². The average molecular weight is 347 g/mol. The van der Waals surface area contributed by atoms with E-state index in [9.17, 15) is 0 Å². The highest BCUT2D eigenvalue weighted by Crippen LogP contribution is 2.21. The van der Waals surface area contributed by atoms with E-state index in [1.54, 1.807) is 0 Å². The Morgan fingerprint density at radius 3 is 2.31 bits per heavy atom. The second-order valence-electron chi connectivity index (χ2n) is 5.99. The molecule has 3 aromatic rings. The maximum absolute atomic E-state index is 5.70. The van der Waals surface area contributed by atoms with Gasteiger partial charge in [0.25, 0.3) is 0 Å². The van der Waals surface area contributed by atoms with E-state index in [-0.39, 0.29) is 0 Å². The number of ether oxygens (including phenoxy) is 2. The van der Waals surface area contributed by atoms with Gasteiger partial charge in [-0.25, -0.2) is 0 Å². The summed E-state index contributed by atoms with van der Waals surface area (Å²) in [6.07, 6.45) is 0. The zero-order chi connectivity index (χ0) is 18.0. The fourth-order valence-corrected chi connectivity index (χ4v) is 2.71. The highest BCUT2D eigenvalue weighted by molar-refractivity contribution is 5.63. The zero-order valence-electron chi connectivity index (χ0n) is 15.2. The molecule has 3 aromatic carbocycles. The van der Waals surface area contributed by atoms with E-state index in [1.165, 1.54) is 16.7 Å². The van der Waals surface area contributed by atoms with Gasteiger partial charge in [0.2, 0.25) is 0 Å². The lowest BCUT2D eigenvalue weighted by molar-refractivity contribution is 0.110. The van der Waals surface area contributed by atoms with Crippen LogP contribution >= 0.6 is 0 Å².